The van der Waals surface area contributed by atoms with E-state index in [9.17, 15) is 19.5 Å². The number of H-pyrrole nitrogens is 1. The Hall–Kier alpha value is -3.86. The molecule has 0 bridgehead atoms. The zero-order valence-electron chi connectivity index (χ0n) is 25.4. The Morgan fingerprint density at radius 1 is 1.24 bits per heavy atom. The number of anilines is 2. The zero-order valence-corrected chi connectivity index (χ0v) is 25.4. The highest BCUT2D eigenvalue weighted by Gasteiger charge is 2.47. The minimum absolute atomic E-state index is 0.00638. The highest BCUT2D eigenvalue weighted by Crippen LogP contribution is 2.44. The van der Waals surface area contributed by atoms with Crippen LogP contribution in [0.4, 0.5) is 16.3 Å². The number of ether oxygens (including phenoxy) is 1. The molecule has 0 radical (unpaired) electrons. The molecule has 4 heterocycles. The van der Waals surface area contributed by atoms with Crippen LogP contribution in [0.25, 0.3) is 10.9 Å². The van der Waals surface area contributed by atoms with E-state index in [-0.39, 0.29) is 29.0 Å². The number of likely N-dealkylation sites (tertiary alicyclic amines) is 1. The number of hydrogen-bond acceptors (Lipinski definition) is 6. The van der Waals surface area contributed by atoms with E-state index in [2.05, 4.69) is 38.0 Å². The summed E-state index contributed by atoms with van der Waals surface area (Å²) in [5.74, 6) is 0.402. The molecule has 1 aromatic carbocycles. The Kier molecular flexibility index (Phi) is 7.82. The molecule has 42 heavy (non-hydrogen) atoms. The third-order valence-electron chi connectivity index (χ3n) is 8.97. The Bertz CT molecular complexity index is 1560. The number of aromatic nitrogens is 3. The van der Waals surface area contributed by atoms with Gasteiger partial charge in [0.1, 0.15) is 5.39 Å². The van der Waals surface area contributed by atoms with Gasteiger partial charge in [-0.25, -0.2) is 4.79 Å². The summed E-state index contributed by atoms with van der Waals surface area (Å²) in [5, 5.41) is 18.7. The van der Waals surface area contributed by atoms with Crippen LogP contribution in [0.1, 0.15) is 69.8 Å². The van der Waals surface area contributed by atoms with Crippen molar-refractivity contribution >= 4 is 34.4 Å². The summed E-state index contributed by atoms with van der Waals surface area (Å²) in [6.45, 7) is 14.2. The second kappa shape index (κ2) is 11.1. The first-order valence-electron chi connectivity index (χ1n) is 14.7. The molecule has 2 amide bonds. The third-order valence-corrected chi connectivity index (χ3v) is 8.97. The van der Waals surface area contributed by atoms with Gasteiger partial charge in [-0.05, 0) is 68.4 Å². The summed E-state index contributed by atoms with van der Waals surface area (Å²) < 4.78 is 7.53. The fourth-order valence-electron chi connectivity index (χ4n) is 6.54. The average Bonchev–Trinajstić information content (AvgIpc) is 3.32. The molecule has 11 nitrogen and oxygen atoms in total. The summed E-state index contributed by atoms with van der Waals surface area (Å²) in [4.78, 5) is 44.7. The molecule has 5 rings (SSSR count). The molecule has 2 aliphatic rings. The first-order valence-corrected chi connectivity index (χ1v) is 14.7. The van der Waals surface area contributed by atoms with E-state index >= 15 is 0 Å². The van der Waals surface area contributed by atoms with Gasteiger partial charge in [-0.2, -0.15) is 5.10 Å². The molecular weight excluding hydrogens is 536 g/mol. The van der Waals surface area contributed by atoms with Crippen LogP contribution >= 0.6 is 0 Å². The summed E-state index contributed by atoms with van der Waals surface area (Å²) >= 11 is 0. The van der Waals surface area contributed by atoms with Gasteiger partial charge >= 0.3 is 6.09 Å². The monoisotopic (exact) mass is 578 g/mol. The smallest absolute Gasteiger partial charge is 0.407 e. The van der Waals surface area contributed by atoms with Gasteiger partial charge in [-0.3, -0.25) is 14.3 Å². The highest BCUT2D eigenvalue weighted by atomic mass is 16.5. The number of carbonyl (C=O) groups is 2. The van der Waals surface area contributed by atoms with Crippen LogP contribution in [0, 0.1) is 12.3 Å². The van der Waals surface area contributed by atoms with Crippen molar-refractivity contribution in [3.8, 4) is 0 Å². The van der Waals surface area contributed by atoms with Gasteiger partial charge in [-0.15, -0.1) is 0 Å². The van der Waals surface area contributed by atoms with Crippen LogP contribution in [-0.2, 0) is 10.3 Å². The summed E-state index contributed by atoms with van der Waals surface area (Å²) in [6, 6.07) is 7.19. The van der Waals surface area contributed by atoms with Crippen LogP contribution < -0.4 is 10.9 Å². The normalized spacial score (nSPS) is 23.3. The van der Waals surface area contributed by atoms with E-state index < -0.39 is 11.6 Å². The van der Waals surface area contributed by atoms with Crippen molar-refractivity contribution in [1.29, 1.82) is 0 Å². The SMILES string of the molecule is CCC1(n2nc(Nc3ccc(C(=O)N4CCOC(C)C4)c(C)c3)c3c(=O)[nH]ccc32)CCN(C(=O)O)C(C(C)(C)C)C1. The number of benzene rings is 1. The molecule has 11 heteroatoms. The molecule has 3 atom stereocenters. The maximum Gasteiger partial charge on any atom is 0.407 e. The Morgan fingerprint density at radius 3 is 2.64 bits per heavy atom. The van der Waals surface area contributed by atoms with Gasteiger partial charge in [0.15, 0.2) is 5.82 Å². The molecule has 2 aliphatic heterocycles. The van der Waals surface area contributed by atoms with Crippen LogP contribution in [-0.4, -0.2) is 80.1 Å². The molecule has 2 fully saturated rings. The number of carbonyl (C=O) groups excluding carboxylic acids is 1. The number of carboxylic acid groups (broad SMARTS) is 1. The molecular formula is C31H42N6O5. The number of fused-ring (bicyclic) bond motifs is 1. The van der Waals surface area contributed by atoms with Crippen molar-refractivity contribution < 1.29 is 19.4 Å². The summed E-state index contributed by atoms with van der Waals surface area (Å²) in [5.41, 5.74) is 1.85. The summed E-state index contributed by atoms with van der Waals surface area (Å²) in [7, 11) is 0. The average molecular weight is 579 g/mol. The summed E-state index contributed by atoms with van der Waals surface area (Å²) in [6.07, 6.45) is 2.61. The van der Waals surface area contributed by atoms with Gasteiger partial charge < -0.3 is 29.9 Å². The van der Waals surface area contributed by atoms with E-state index in [4.69, 9.17) is 9.84 Å². The zero-order chi connectivity index (χ0) is 30.4. The standard InChI is InChI=1S/C31H42N6O5/c1-7-31(11-13-36(29(40)41)24(17-31)30(4,5)6)37-23-10-12-32-27(38)25(23)26(34-37)33-21-8-9-22(19(2)16-21)28(39)35-14-15-42-20(3)18-35/h8-10,12,16,20,24H,7,11,13-15,17-18H2,1-6H3,(H,32,38)(H,33,34)(H,40,41). The van der Waals surface area contributed by atoms with Gasteiger partial charge in [0.2, 0.25) is 0 Å². The lowest BCUT2D eigenvalue weighted by Crippen LogP contribution is -2.57. The molecule has 0 spiro atoms. The first-order chi connectivity index (χ1) is 19.8. The molecule has 2 aromatic heterocycles. The number of pyridine rings is 1. The maximum absolute atomic E-state index is 13.2. The molecule has 3 N–H and O–H groups in total. The van der Waals surface area contributed by atoms with Crippen LogP contribution in [0.5, 0.6) is 0 Å². The minimum atomic E-state index is -0.913. The van der Waals surface area contributed by atoms with E-state index in [0.717, 1.165) is 12.0 Å². The lowest BCUT2D eigenvalue weighted by molar-refractivity contribution is -0.0124. The Labute approximate surface area is 245 Å². The number of morpholine rings is 1. The molecule has 0 saturated carbocycles. The number of aromatic amines is 1. The predicted molar refractivity (Wildman–Crippen MR) is 162 cm³/mol. The fraction of sp³-hybridized carbons (Fsp3) is 0.548. The molecule has 3 aromatic rings. The van der Waals surface area contributed by atoms with Crippen molar-refractivity contribution in [3.05, 3.63) is 51.9 Å². The van der Waals surface area contributed by atoms with Crippen molar-refractivity contribution in [3.63, 3.8) is 0 Å². The number of piperidine rings is 1. The molecule has 3 unspecified atom stereocenters. The third kappa shape index (κ3) is 5.37. The number of amides is 2. The lowest BCUT2D eigenvalue weighted by atomic mass is 9.72. The van der Waals surface area contributed by atoms with Crippen LogP contribution in [0.2, 0.25) is 0 Å². The Morgan fingerprint density at radius 2 is 2.00 bits per heavy atom. The quantitative estimate of drug-likeness (QED) is 0.391. The molecule has 226 valence electrons. The van der Waals surface area contributed by atoms with E-state index in [1.54, 1.807) is 11.1 Å². The second-order valence-electron chi connectivity index (χ2n) is 12.8. The molecule has 0 aliphatic carbocycles. The largest absolute Gasteiger partial charge is 0.465 e. The number of rotatable bonds is 5. The van der Waals surface area contributed by atoms with Crippen LogP contribution in [0.3, 0.4) is 0 Å². The number of nitrogens with zero attached hydrogens (tertiary/aromatic N) is 4. The predicted octanol–water partition coefficient (Wildman–Crippen LogP) is 4.93. The van der Waals surface area contributed by atoms with Crippen molar-refractivity contribution in [2.75, 3.05) is 31.6 Å². The number of nitrogens with one attached hydrogen (secondary N) is 2. The highest BCUT2D eigenvalue weighted by molar-refractivity contribution is 5.97. The minimum Gasteiger partial charge on any atom is -0.465 e. The van der Waals surface area contributed by atoms with Crippen LogP contribution in [0.15, 0.2) is 35.3 Å². The fourth-order valence-corrected chi connectivity index (χ4v) is 6.54. The van der Waals surface area contributed by atoms with Crippen molar-refractivity contribution in [1.82, 2.24) is 24.6 Å². The van der Waals surface area contributed by atoms with Gasteiger partial charge in [-0.1, -0.05) is 27.7 Å². The number of hydrogen-bond donors (Lipinski definition) is 3. The van der Waals surface area contributed by atoms with E-state index in [1.807, 2.05) is 47.7 Å². The lowest BCUT2D eigenvalue weighted by Gasteiger charge is -2.50. The van der Waals surface area contributed by atoms with Gasteiger partial charge in [0.25, 0.3) is 11.5 Å². The Balaban J connectivity index is 1.50. The van der Waals surface area contributed by atoms with E-state index in [0.29, 0.717) is 67.1 Å². The molecule has 2 saturated heterocycles. The number of aryl methyl sites for hydroxylation is 1. The van der Waals surface area contributed by atoms with Gasteiger partial charge in [0, 0.05) is 43.1 Å². The van der Waals surface area contributed by atoms with Crippen molar-refractivity contribution in [2.24, 2.45) is 5.41 Å². The topological polar surface area (TPSA) is 133 Å². The second-order valence-corrected chi connectivity index (χ2v) is 12.8. The first kappa shape index (κ1) is 29.6. The van der Waals surface area contributed by atoms with Crippen molar-refractivity contribution in [2.45, 2.75) is 78.5 Å². The maximum atomic E-state index is 13.2. The van der Waals surface area contributed by atoms with E-state index in [1.165, 1.54) is 0 Å². The van der Waals surface area contributed by atoms with Gasteiger partial charge in [0.05, 0.1) is 23.8 Å².